The summed E-state index contributed by atoms with van der Waals surface area (Å²) in [5.74, 6) is 0.530. The zero-order valence-corrected chi connectivity index (χ0v) is 11.4. The molecule has 6 heteroatoms. The van der Waals surface area contributed by atoms with E-state index < -0.39 is 0 Å². The van der Waals surface area contributed by atoms with Crippen molar-refractivity contribution in [3.05, 3.63) is 47.0 Å². The highest BCUT2D eigenvalue weighted by Gasteiger charge is 2.11. The number of nitrogens with one attached hydrogen (secondary N) is 1. The van der Waals surface area contributed by atoms with Crippen LogP contribution < -0.4 is 5.73 Å². The van der Waals surface area contributed by atoms with Gasteiger partial charge in [0.1, 0.15) is 6.33 Å². The van der Waals surface area contributed by atoms with Gasteiger partial charge in [-0.25, -0.2) is 4.98 Å². The predicted octanol–water partition coefficient (Wildman–Crippen LogP) is 2.96. The van der Waals surface area contributed by atoms with Crippen molar-refractivity contribution < 1.29 is 0 Å². The number of hydrogen-bond donors (Lipinski definition) is 2. The first kappa shape index (κ1) is 13.0. The minimum atomic E-state index is 0.0720. The monoisotopic (exact) mass is 280 g/mol. The van der Waals surface area contributed by atoms with Crippen molar-refractivity contribution in [1.82, 2.24) is 9.55 Å². The Morgan fingerprint density at radius 3 is 2.72 bits per heavy atom. The first-order valence-electron chi connectivity index (χ1n) is 5.33. The molecule has 0 aliphatic carbocycles. The predicted molar refractivity (Wildman–Crippen MR) is 76.5 cm³/mol. The molecule has 1 aromatic carbocycles. The van der Waals surface area contributed by atoms with E-state index in [1.807, 2.05) is 35.8 Å². The molecular weight excluding hydrogens is 268 g/mol. The molecule has 0 aliphatic heterocycles. The lowest BCUT2D eigenvalue weighted by Gasteiger charge is -2.08. The number of imidazole rings is 1. The average Bonchev–Trinajstić information content (AvgIpc) is 2.69. The molecule has 0 bridgehead atoms. The van der Waals surface area contributed by atoms with Gasteiger partial charge in [-0.05, 0) is 19.1 Å². The Morgan fingerprint density at radius 1 is 1.44 bits per heavy atom. The summed E-state index contributed by atoms with van der Waals surface area (Å²) in [6, 6.07) is 8.08. The van der Waals surface area contributed by atoms with Crippen LogP contribution >= 0.6 is 23.4 Å². The van der Waals surface area contributed by atoms with Crippen LogP contribution in [0.1, 0.15) is 11.3 Å². The molecule has 0 saturated heterocycles. The molecule has 2 aromatic rings. The topological polar surface area (TPSA) is 67.7 Å². The van der Waals surface area contributed by atoms with Crippen LogP contribution in [0, 0.1) is 12.3 Å². The number of amidine groups is 1. The molecule has 94 valence electrons. The van der Waals surface area contributed by atoms with Crippen LogP contribution in [-0.4, -0.2) is 14.7 Å². The van der Waals surface area contributed by atoms with E-state index in [1.165, 1.54) is 17.3 Å². The third kappa shape index (κ3) is 2.86. The third-order valence-electron chi connectivity index (χ3n) is 2.49. The van der Waals surface area contributed by atoms with Gasteiger partial charge in [0, 0.05) is 11.4 Å². The lowest BCUT2D eigenvalue weighted by molar-refractivity contribution is 0.994. The van der Waals surface area contributed by atoms with Crippen molar-refractivity contribution in [2.75, 3.05) is 0 Å². The third-order valence-corrected chi connectivity index (χ3v) is 3.54. The summed E-state index contributed by atoms with van der Waals surface area (Å²) in [7, 11) is 0. The number of aromatic nitrogens is 2. The number of hydrogen-bond acceptors (Lipinski definition) is 3. The smallest absolute Gasteiger partial charge is 0.151 e. The van der Waals surface area contributed by atoms with E-state index in [1.54, 1.807) is 6.33 Å². The first-order chi connectivity index (χ1) is 8.58. The molecule has 0 aliphatic rings. The summed E-state index contributed by atoms with van der Waals surface area (Å²) in [4.78, 5) is 4.10. The van der Waals surface area contributed by atoms with Crippen molar-refractivity contribution in [2.45, 2.75) is 12.7 Å². The van der Waals surface area contributed by atoms with Gasteiger partial charge < -0.3 is 10.3 Å². The van der Waals surface area contributed by atoms with Crippen LogP contribution in [0.2, 0.25) is 5.15 Å². The average molecular weight is 281 g/mol. The fraction of sp³-hybridized carbons (Fsp3) is 0.167. The molecule has 18 heavy (non-hydrogen) atoms. The number of thioether (sulfide) groups is 1. The second-order valence-electron chi connectivity index (χ2n) is 3.84. The molecule has 0 saturated carbocycles. The van der Waals surface area contributed by atoms with E-state index in [0.29, 0.717) is 10.9 Å². The number of rotatable bonds is 3. The molecule has 0 atom stereocenters. The van der Waals surface area contributed by atoms with Crippen molar-refractivity contribution in [2.24, 2.45) is 5.73 Å². The van der Waals surface area contributed by atoms with Crippen LogP contribution in [0.25, 0.3) is 5.69 Å². The zero-order valence-electron chi connectivity index (χ0n) is 9.85. The normalized spacial score (nSPS) is 10.6. The largest absolute Gasteiger partial charge is 0.379 e. The Kier molecular flexibility index (Phi) is 3.93. The van der Waals surface area contributed by atoms with Gasteiger partial charge in [0.25, 0.3) is 0 Å². The summed E-state index contributed by atoms with van der Waals surface area (Å²) in [6.07, 6.45) is 1.68. The number of nitrogens with two attached hydrogens (primary N) is 1. The van der Waals surface area contributed by atoms with E-state index in [2.05, 4.69) is 4.98 Å². The van der Waals surface area contributed by atoms with Crippen molar-refractivity contribution in [3.8, 4) is 5.69 Å². The molecule has 0 fully saturated rings. The van der Waals surface area contributed by atoms with E-state index in [0.717, 1.165) is 11.4 Å². The summed E-state index contributed by atoms with van der Waals surface area (Å²) in [6.45, 7) is 2.04. The minimum absolute atomic E-state index is 0.0720. The van der Waals surface area contributed by atoms with E-state index in [9.17, 15) is 0 Å². The quantitative estimate of drug-likeness (QED) is 0.671. The SMILES string of the molecule is Cc1ccc(-n2cnc(Cl)c2CSC(=N)N)cc1. The van der Waals surface area contributed by atoms with Gasteiger partial charge in [-0.15, -0.1) is 0 Å². The van der Waals surface area contributed by atoms with E-state index in [-0.39, 0.29) is 5.17 Å². The highest BCUT2D eigenvalue weighted by Crippen LogP contribution is 2.23. The fourth-order valence-electron chi connectivity index (χ4n) is 1.56. The van der Waals surface area contributed by atoms with Crippen LogP contribution in [0.5, 0.6) is 0 Å². The number of benzene rings is 1. The highest BCUT2D eigenvalue weighted by molar-refractivity contribution is 8.13. The molecule has 0 radical (unpaired) electrons. The van der Waals surface area contributed by atoms with Crippen molar-refractivity contribution >= 4 is 28.5 Å². The standard InChI is InChI=1S/C12H13ClN4S/c1-8-2-4-9(5-3-8)17-7-16-11(13)10(17)6-18-12(14)15/h2-5,7H,6H2,1H3,(H3,14,15). The molecule has 1 heterocycles. The molecular formula is C12H13ClN4S. The Hall–Kier alpha value is -1.46. The molecule has 0 amide bonds. The maximum Gasteiger partial charge on any atom is 0.151 e. The zero-order chi connectivity index (χ0) is 13.1. The van der Waals surface area contributed by atoms with Crippen LogP contribution in [0.15, 0.2) is 30.6 Å². The van der Waals surface area contributed by atoms with Gasteiger partial charge in [-0.2, -0.15) is 0 Å². The lowest BCUT2D eigenvalue weighted by atomic mass is 10.2. The summed E-state index contributed by atoms with van der Waals surface area (Å²) >= 11 is 7.28. The Bertz CT molecular complexity index is 562. The molecule has 0 spiro atoms. The minimum Gasteiger partial charge on any atom is -0.379 e. The molecule has 0 unspecified atom stereocenters. The molecule has 1 aromatic heterocycles. The molecule has 3 N–H and O–H groups in total. The van der Waals surface area contributed by atoms with Crippen molar-refractivity contribution in [3.63, 3.8) is 0 Å². The number of halogens is 1. The maximum atomic E-state index is 7.24. The van der Waals surface area contributed by atoms with Crippen LogP contribution in [-0.2, 0) is 5.75 Å². The molecule has 4 nitrogen and oxygen atoms in total. The number of nitrogens with zero attached hydrogens (tertiary/aromatic N) is 2. The van der Waals surface area contributed by atoms with Gasteiger partial charge in [-0.1, -0.05) is 41.1 Å². The fourth-order valence-corrected chi connectivity index (χ4v) is 2.40. The highest BCUT2D eigenvalue weighted by atomic mass is 35.5. The van der Waals surface area contributed by atoms with E-state index >= 15 is 0 Å². The Labute approximate surface area is 115 Å². The van der Waals surface area contributed by atoms with Gasteiger partial charge >= 0.3 is 0 Å². The number of aryl methyl sites for hydroxylation is 1. The second-order valence-corrected chi connectivity index (χ2v) is 5.22. The van der Waals surface area contributed by atoms with E-state index in [4.69, 9.17) is 22.7 Å². The van der Waals surface area contributed by atoms with Crippen molar-refractivity contribution in [1.29, 1.82) is 5.41 Å². The van der Waals surface area contributed by atoms with Crippen LogP contribution in [0.4, 0.5) is 0 Å². The first-order valence-corrected chi connectivity index (χ1v) is 6.70. The van der Waals surface area contributed by atoms with Gasteiger partial charge in [-0.3, -0.25) is 5.41 Å². The summed E-state index contributed by atoms with van der Waals surface area (Å²) < 4.78 is 1.91. The summed E-state index contributed by atoms with van der Waals surface area (Å²) in [5.41, 5.74) is 8.39. The van der Waals surface area contributed by atoms with Gasteiger partial charge in [0.05, 0.1) is 5.69 Å². The van der Waals surface area contributed by atoms with Gasteiger partial charge in [0.15, 0.2) is 10.3 Å². The Balaban J connectivity index is 2.33. The van der Waals surface area contributed by atoms with Crippen LogP contribution in [0.3, 0.4) is 0 Å². The lowest BCUT2D eigenvalue weighted by Crippen LogP contribution is -2.06. The summed E-state index contributed by atoms with van der Waals surface area (Å²) in [5, 5.41) is 7.76. The second kappa shape index (κ2) is 5.46. The maximum absolute atomic E-state index is 7.24. The molecule has 2 rings (SSSR count). The van der Waals surface area contributed by atoms with Gasteiger partial charge in [0.2, 0.25) is 0 Å². The Morgan fingerprint density at radius 2 is 2.11 bits per heavy atom.